The lowest BCUT2D eigenvalue weighted by atomic mass is 9.94. The predicted molar refractivity (Wildman–Crippen MR) is 84.3 cm³/mol. The molecular weight excluding hydrogens is 382 g/mol. The molecule has 0 saturated carbocycles. The molecule has 0 aliphatic carbocycles. The summed E-state index contributed by atoms with van der Waals surface area (Å²) in [7, 11) is 0. The van der Waals surface area contributed by atoms with Gasteiger partial charge in [-0.1, -0.05) is 6.92 Å². The van der Waals surface area contributed by atoms with E-state index in [0.29, 0.717) is 15.1 Å². The number of carbonyl (C=O) groups excluding carboxylic acids is 1. The Kier molecular flexibility index (Phi) is 6.49. The normalized spacial score (nSPS) is 22.5. The van der Waals surface area contributed by atoms with Crippen LogP contribution in [0.2, 0.25) is 0 Å². The topological polar surface area (TPSA) is 41.1 Å². The van der Waals surface area contributed by atoms with Crippen molar-refractivity contribution >= 4 is 40.9 Å². The van der Waals surface area contributed by atoms with Crippen molar-refractivity contribution in [3.8, 4) is 0 Å². The lowest BCUT2D eigenvalue weighted by Gasteiger charge is -2.30. The van der Waals surface area contributed by atoms with Crippen molar-refractivity contribution in [2.45, 2.75) is 19.4 Å². The van der Waals surface area contributed by atoms with Crippen LogP contribution in [0.3, 0.4) is 0 Å². The Bertz CT molecular complexity index is 458. The van der Waals surface area contributed by atoms with Gasteiger partial charge in [0, 0.05) is 21.7 Å². The lowest BCUT2D eigenvalue weighted by molar-refractivity contribution is 0.0914. The molecule has 1 amide bonds. The van der Waals surface area contributed by atoms with Crippen LogP contribution >= 0.6 is 35.0 Å². The molecule has 2 atom stereocenters. The number of benzene rings is 1. The average molecular weight is 399 g/mol. The second-order valence-electron chi connectivity index (χ2n) is 4.68. The highest BCUT2D eigenvalue weighted by Gasteiger charge is 2.23. The molecule has 2 rings (SSSR count). The van der Waals surface area contributed by atoms with Gasteiger partial charge in [-0.25, -0.2) is 4.39 Å². The Morgan fingerprint density at radius 1 is 1.53 bits per heavy atom. The minimum atomic E-state index is -0.349. The van der Waals surface area contributed by atoms with E-state index in [0.717, 1.165) is 19.5 Å². The van der Waals surface area contributed by atoms with Crippen molar-refractivity contribution in [2.75, 3.05) is 13.1 Å². The maximum absolute atomic E-state index is 13.4. The highest BCUT2D eigenvalue weighted by atomic mass is 127. The number of carbonyl (C=O) groups is 1. The second kappa shape index (κ2) is 7.40. The van der Waals surface area contributed by atoms with Crippen LogP contribution in [0, 0.1) is 15.3 Å². The third-order valence-corrected chi connectivity index (χ3v) is 4.20. The first-order chi connectivity index (χ1) is 8.58. The van der Waals surface area contributed by atoms with Gasteiger partial charge < -0.3 is 10.6 Å². The van der Waals surface area contributed by atoms with E-state index >= 15 is 0 Å². The number of amides is 1. The Morgan fingerprint density at radius 3 is 2.89 bits per heavy atom. The fourth-order valence-electron chi connectivity index (χ4n) is 2.07. The molecule has 3 nitrogen and oxygen atoms in total. The molecule has 2 N–H and O–H groups in total. The number of hydrogen-bond acceptors (Lipinski definition) is 2. The summed E-state index contributed by atoms with van der Waals surface area (Å²) in [6, 6.07) is 4.68. The van der Waals surface area contributed by atoms with Crippen LogP contribution in [0.25, 0.3) is 0 Å². The van der Waals surface area contributed by atoms with Crippen molar-refractivity contribution in [3.05, 3.63) is 33.1 Å². The lowest BCUT2D eigenvalue weighted by Crippen LogP contribution is -2.50. The number of piperidine rings is 1. The summed E-state index contributed by atoms with van der Waals surface area (Å²) in [6.45, 7) is 3.89. The molecule has 1 aliphatic rings. The molecule has 19 heavy (non-hydrogen) atoms. The summed E-state index contributed by atoms with van der Waals surface area (Å²) in [4.78, 5) is 12.0. The van der Waals surface area contributed by atoms with E-state index in [9.17, 15) is 9.18 Å². The van der Waals surface area contributed by atoms with Crippen LogP contribution < -0.4 is 10.6 Å². The summed E-state index contributed by atoms with van der Waals surface area (Å²) in [5.41, 5.74) is 0.380. The Morgan fingerprint density at radius 2 is 2.26 bits per heavy atom. The van der Waals surface area contributed by atoms with E-state index < -0.39 is 0 Å². The van der Waals surface area contributed by atoms with Gasteiger partial charge in [0.15, 0.2) is 0 Å². The molecule has 0 aromatic heterocycles. The van der Waals surface area contributed by atoms with Gasteiger partial charge in [0.1, 0.15) is 5.82 Å². The average Bonchev–Trinajstić information content (AvgIpc) is 2.35. The molecule has 0 bridgehead atoms. The van der Waals surface area contributed by atoms with Gasteiger partial charge in [0.25, 0.3) is 5.91 Å². The number of hydrogen-bond donors (Lipinski definition) is 2. The molecule has 1 saturated heterocycles. The zero-order valence-corrected chi connectivity index (χ0v) is 13.6. The van der Waals surface area contributed by atoms with Crippen molar-refractivity contribution in [3.63, 3.8) is 0 Å². The Hall–Kier alpha value is -0.400. The monoisotopic (exact) mass is 398 g/mol. The standard InChI is InChI=1S/C13H16FIN2O.ClH/c1-8-4-5-16-7-12(8)17-13(18)9-2-3-11(15)10(14)6-9;/h2-3,6,8,12,16H,4-5,7H2,1H3,(H,17,18);1H. The molecule has 1 heterocycles. The van der Waals surface area contributed by atoms with Gasteiger partial charge in [-0.2, -0.15) is 0 Å². The Labute approximate surface area is 132 Å². The third-order valence-electron chi connectivity index (χ3n) is 3.33. The first-order valence-electron chi connectivity index (χ1n) is 6.04. The molecule has 1 aromatic rings. The first-order valence-corrected chi connectivity index (χ1v) is 7.12. The fraction of sp³-hybridized carbons (Fsp3) is 0.462. The van der Waals surface area contributed by atoms with E-state index in [-0.39, 0.29) is 30.2 Å². The van der Waals surface area contributed by atoms with Gasteiger partial charge in [0.2, 0.25) is 0 Å². The van der Waals surface area contributed by atoms with Crippen LogP contribution in [0.1, 0.15) is 23.7 Å². The summed E-state index contributed by atoms with van der Waals surface area (Å²) in [6.07, 6.45) is 1.05. The largest absolute Gasteiger partial charge is 0.348 e. The van der Waals surface area contributed by atoms with Crippen LogP contribution in [0.5, 0.6) is 0 Å². The van der Waals surface area contributed by atoms with Crippen molar-refractivity contribution in [2.24, 2.45) is 5.92 Å². The van der Waals surface area contributed by atoms with E-state index in [2.05, 4.69) is 17.6 Å². The smallest absolute Gasteiger partial charge is 0.251 e. The minimum Gasteiger partial charge on any atom is -0.348 e. The molecular formula is C13H17ClFIN2O. The molecule has 6 heteroatoms. The highest BCUT2D eigenvalue weighted by molar-refractivity contribution is 14.1. The maximum atomic E-state index is 13.4. The van der Waals surface area contributed by atoms with Crippen LogP contribution in [0.15, 0.2) is 18.2 Å². The van der Waals surface area contributed by atoms with E-state index in [1.807, 2.05) is 22.6 Å². The minimum absolute atomic E-state index is 0. The second-order valence-corrected chi connectivity index (χ2v) is 5.84. The maximum Gasteiger partial charge on any atom is 0.251 e. The van der Waals surface area contributed by atoms with Gasteiger partial charge in [0.05, 0.1) is 0 Å². The van der Waals surface area contributed by atoms with Gasteiger partial charge in [-0.3, -0.25) is 4.79 Å². The molecule has 106 valence electrons. The van der Waals surface area contributed by atoms with Crippen molar-refractivity contribution in [1.29, 1.82) is 0 Å². The zero-order chi connectivity index (χ0) is 13.1. The summed E-state index contributed by atoms with van der Waals surface area (Å²) in [5, 5.41) is 6.21. The molecule has 2 unspecified atom stereocenters. The molecule has 1 aromatic carbocycles. The van der Waals surface area contributed by atoms with Crippen LogP contribution in [0.4, 0.5) is 4.39 Å². The zero-order valence-electron chi connectivity index (χ0n) is 10.6. The van der Waals surface area contributed by atoms with Gasteiger partial charge in [-0.15, -0.1) is 12.4 Å². The number of halogens is 3. The molecule has 0 radical (unpaired) electrons. The quantitative estimate of drug-likeness (QED) is 0.752. The fourth-order valence-corrected chi connectivity index (χ4v) is 2.41. The van der Waals surface area contributed by atoms with E-state index in [1.54, 1.807) is 12.1 Å². The molecule has 0 spiro atoms. The highest BCUT2D eigenvalue weighted by Crippen LogP contribution is 2.15. The van der Waals surface area contributed by atoms with Crippen LogP contribution in [-0.2, 0) is 0 Å². The Balaban J connectivity index is 0.00000180. The van der Waals surface area contributed by atoms with Crippen molar-refractivity contribution < 1.29 is 9.18 Å². The third kappa shape index (κ3) is 4.29. The van der Waals surface area contributed by atoms with Crippen molar-refractivity contribution in [1.82, 2.24) is 10.6 Å². The first kappa shape index (κ1) is 16.7. The molecule has 1 fully saturated rings. The van der Waals surface area contributed by atoms with Crippen LogP contribution in [-0.4, -0.2) is 25.0 Å². The van der Waals surface area contributed by atoms with Gasteiger partial charge >= 0.3 is 0 Å². The van der Waals surface area contributed by atoms with E-state index in [4.69, 9.17) is 0 Å². The predicted octanol–water partition coefficient (Wildman–Crippen LogP) is 2.58. The number of nitrogens with one attached hydrogen (secondary N) is 2. The summed E-state index contributed by atoms with van der Waals surface area (Å²) < 4.78 is 13.9. The molecule has 1 aliphatic heterocycles. The van der Waals surface area contributed by atoms with E-state index in [1.165, 1.54) is 6.07 Å². The number of rotatable bonds is 2. The van der Waals surface area contributed by atoms with Gasteiger partial charge in [-0.05, 0) is 59.7 Å². The summed E-state index contributed by atoms with van der Waals surface area (Å²) in [5.74, 6) is -0.104. The SMILES string of the molecule is CC1CCNCC1NC(=O)c1ccc(I)c(F)c1.Cl. The summed E-state index contributed by atoms with van der Waals surface area (Å²) >= 11 is 1.91.